The lowest BCUT2D eigenvalue weighted by Crippen LogP contribution is -2.27. The zero-order valence-corrected chi connectivity index (χ0v) is 16.3. The second kappa shape index (κ2) is 10.7. The number of rotatable bonds is 10. The first kappa shape index (κ1) is 21.7. The molecule has 1 aromatic rings. The van der Waals surface area contributed by atoms with Gasteiger partial charge in [-0.05, 0) is 32.3 Å². The highest BCUT2D eigenvalue weighted by molar-refractivity contribution is 7.40. The first-order valence-electron chi connectivity index (χ1n) is 8.82. The number of nitrogens with two attached hydrogens (primary N) is 1. The minimum Gasteiger partial charge on any atom is -0.466 e. The van der Waals surface area contributed by atoms with Gasteiger partial charge >= 0.3 is 20.3 Å². The average Bonchev–Trinajstić information content (AvgIpc) is 3.08. The number of hydrogen-bond donors (Lipinski definition) is 2. The van der Waals surface area contributed by atoms with Crippen LogP contribution in [0.1, 0.15) is 39.3 Å². The summed E-state index contributed by atoms with van der Waals surface area (Å²) in [4.78, 5) is 36.8. The highest BCUT2D eigenvalue weighted by Gasteiger charge is 2.28. The van der Waals surface area contributed by atoms with E-state index in [1.165, 1.54) is 10.6 Å². The van der Waals surface area contributed by atoms with Gasteiger partial charge in [0.2, 0.25) is 0 Å². The molecule has 0 aliphatic carbocycles. The lowest BCUT2D eigenvalue weighted by atomic mass is 10.1. The highest BCUT2D eigenvalue weighted by atomic mass is 31.2. The molecule has 11 heteroatoms. The van der Waals surface area contributed by atoms with E-state index in [4.69, 9.17) is 24.3 Å². The molecule has 1 aliphatic rings. The Labute approximate surface area is 158 Å². The lowest BCUT2D eigenvalue weighted by Gasteiger charge is -2.17. The zero-order chi connectivity index (χ0) is 19.8. The molecule has 0 aromatic carbocycles. The minimum atomic E-state index is -2.06. The molecule has 0 amide bonds. The third-order valence-electron chi connectivity index (χ3n) is 4.06. The van der Waals surface area contributed by atoms with Crippen LogP contribution in [0.2, 0.25) is 0 Å². The van der Waals surface area contributed by atoms with E-state index in [0.29, 0.717) is 25.9 Å². The first-order chi connectivity index (χ1) is 12.9. The fourth-order valence-electron chi connectivity index (χ4n) is 2.55. The molecule has 1 fully saturated rings. The molecular weight excluding hydrogens is 377 g/mol. The van der Waals surface area contributed by atoms with Crippen LogP contribution in [-0.2, 0) is 23.3 Å². The van der Waals surface area contributed by atoms with Crippen LogP contribution in [0.4, 0.5) is 5.82 Å². The van der Waals surface area contributed by atoms with E-state index in [-0.39, 0.29) is 37.0 Å². The van der Waals surface area contributed by atoms with Gasteiger partial charge in [-0.25, -0.2) is 4.79 Å². The van der Waals surface area contributed by atoms with Crippen molar-refractivity contribution in [1.29, 1.82) is 0 Å². The molecule has 27 heavy (non-hydrogen) atoms. The Morgan fingerprint density at radius 2 is 2.30 bits per heavy atom. The van der Waals surface area contributed by atoms with Gasteiger partial charge in [0, 0.05) is 6.20 Å². The number of nitrogen functional groups attached to an aromatic ring is 1. The summed E-state index contributed by atoms with van der Waals surface area (Å²) in [6.07, 6.45) is 2.57. The van der Waals surface area contributed by atoms with Crippen molar-refractivity contribution in [3.8, 4) is 0 Å². The Morgan fingerprint density at radius 3 is 3.00 bits per heavy atom. The third kappa shape index (κ3) is 6.82. The predicted molar refractivity (Wildman–Crippen MR) is 97.5 cm³/mol. The van der Waals surface area contributed by atoms with Crippen molar-refractivity contribution in [3.05, 3.63) is 22.7 Å². The van der Waals surface area contributed by atoms with E-state index < -0.39 is 20.5 Å². The molecule has 0 radical (unpaired) electrons. The summed E-state index contributed by atoms with van der Waals surface area (Å²) in [6, 6.07) is 1.53. The molecule has 2 heterocycles. The smallest absolute Gasteiger partial charge is 0.351 e. The normalized spacial score (nSPS) is 21.7. The standard InChI is InChI=1S/C16H26N3O7P/c1-3-23-15(20)11(2)7-9-24-27(22)25-10-12-4-5-14(26-12)19-8-6-13(17)18-16(19)21/h6,8,11-12,14,22H,3-5,7,9-10H2,1-2H3,(H2,17,18,21). The first-order valence-corrected chi connectivity index (χ1v) is 9.95. The van der Waals surface area contributed by atoms with Crippen molar-refractivity contribution in [2.45, 2.75) is 45.4 Å². The van der Waals surface area contributed by atoms with Gasteiger partial charge in [-0.1, -0.05) is 6.92 Å². The number of nitrogens with zero attached hydrogens (tertiary/aromatic N) is 2. The number of carbonyl (C=O) groups is 1. The van der Waals surface area contributed by atoms with Crippen LogP contribution in [0.25, 0.3) is 0 Å². The van der Waals surface area contributed by atoms with Crippen molar-refractivity contribution in [2.75, 3.05) is 25.6 Å². The van der Waals surface area contributed by atoms with Crippen molar-refractivity contribution in [2.24, 2.45) is 5.92 Å². The second-order valence-electron chi connectivity index (χ2n) is 6.14. The molecule has 10 nitrogen and oxygen atoms in total. The van der Waals surface area contributed by atoms with E-state index in [1.807, 2.05) is 0 Å². The summed E-state index contributed by atoms with van der Waals surface area (Å²) in [5.41, 5.74) is 5.01. The molecule has 4 atom stereocenters. The SMILES string of the molecule is CCOC(=O)C(C)CCOP(O)OCC1CCC(n2ccc(N)nc2=O)O1. The summed E-state index contributed by atoms with van der Waals surface area (Å²) >= 11 is 0. The van der Waals surface area contributed by atoms with Crippen LogP contribution in [0.5, 0.6) is 0 Å². The summed E-state index contributed by atoms with van der Waals surface area (Å²) in [7, 11) is -2.06. The number of anilines is 1. The van der Waals surface area contributed by atoms with Crippen LogP contribution in [0.15, 0.2) is 17.1 Å². The summed E-state index contributed by atoms with van der Waals surface area (Å²) < 4.78 is 22.5. The Kier molecular flexibility index (Phi) is 8.59. The number of carbonyl (C=O) groups excluding carboxylic acids is 1. The molecule has 0 spiro atoms. The fraction of sp³-hybridized carbons (Fsp3) is 0.688. The largest absolute Gasteiger partial charge is 0.466 e. The van der Waals surface area contributed by atoms with Gasteiger partial charge < -0.3 is 29.1 Å². The van der Waals surface area contributed by atoms with Crippen LogP contribution >= 0.6 is 8.60 Å². The second-order valence-corrected chi connectivity index (χ2v) is 7.13. The van der Waals surface area contributed by atoms with Crippen molar-refractivity contribution in [1.82, 2.24) is 9.55 Å². The van der Waals surface area contributed by atoms with Crippen molar-refractivity contribution < 1.29 is 28.2 Å². The molecular formula is C16H26N3O7P. The maximum absolute atomic E-state index is 11.8. The lowest BCUT2D eigenvalue weighted by molar-refractivity contribution is -0.147. The maximum atomic E-state index is 11.8. The van der Waals surface area contributed by atoms with Crippen LogP contribution in [-0.4, -0.2) is 46.3 Å². The van der Waals surface area contributed by atoms with Gasteiger partial charge in [0.1, 0.15) is 12.0 Å². The fourth-order valence-corrected chi connectivity index (χ4v) is 3.18. The van der Waals surface area contributed by atoms with E-state index >= 15 is 0 Å². The molecule has 152 valence electrons. The van der Waals surface area contributed by atoms with Crippen molar-refractivity contribution in [3.63, 3.8) is 0 Å². The van der Waals surface area contributed by atoms with Gasteiger partial charge in [0.15, 0.2) is 0 Å². The van der Waals surface area contributed by atoms with E-state index in [9.17, 15) is 14.5 Å². The van der Waals surface area contributed by atoms with Crippen molar-refractivity contribution >= 4 is 20.4 Å². The quantitative estimate of drug-likeness (QED) is 0.438. The van der Waals surface area contributed by atoms with Gasteiger partial charge in [-0.15, -0.1) is 0 Å². The van der Waals surface area contributed by atoms with E-state index in [0.717, 1.165) is 0 Å². The van der Waals surface area contributed by atoms with Gasteiger partial charge in [0.25, 0.3) is 0 Å². The van der Waals surface area contributed by atoms with Gasteiger partial charge in [0.05, 0.1) is 31.8 Å². The molecule has 4 unspecified atom stereocenters. The minimum absolute atomic E-state index is 0.142. The predicted octanol–water partition coefficient (Wildman–Crippen LogP) is 1.34. The zero-order valence-electron chi connectivity index (χ0n) is 15.4. The summed E-state index contributed by atoms with van der Waals surface area (Å²) in [5, 5.41) is 0. The Bertz CT molecular complexity index is 672. The third-order valence-corrected chi connectivity index (χ3v) is 4.83. The molecule has 1 aromatic heterocycles. The molecule has 0 bridgehead atoms. The van der Waals surface area contributed by atoms with Crippen LogP contribution in [0, 0.1) is 5.92 Å². The average molecular weight is 403 g/mol. The molecule has 1 aliphatic heterocycles. The van der Waals surface area contributed by atoms with Crippen LogP contribution < -0.4 is 11.4 Å². The summed E-state index contributed by atoms with van der Waals surface area (Å²) in [5.74, 6) is -0.435. The van der Waals surface area contributed by atoms with Crippen LogP contribution in [0.3, 0.4) is 0 Å². The van der Waals surface area contributed by atoms with E-state index in [2.05, 4.69) is 4.98 Å². The van der Waals surface area contributed by atoms with E-state index in [1.54, 1.807) is 20.0 Å². The molecule has 0 saturated carbocycles. The highest BCUT2D eigenvalue weighted by Crippen LogP contribution is 2.36. The Hall–Kier alpha value is -1.58. The van der Waals surface area contributed by atoms with Gasteiger partial charge in [-0.2, -0.15) is 4.98 Å². The topological polar surface area (TPSA) is 135 Å². The van der Waals surface area contributed by atoms with Gasteiger partial charge in [-0.3, -0.25) is 9.36 Å². The maximum Gasteiger partial charge on any atom is 0.351 e. The molecule has 2 rings (SSSR count). The number of ether oxygens (including phenoxy) is 2. The molecule has 1 saturated heterocycles. The Balaban J connectivity index is 1.67. The number of esters is 1. The Morgan fingerprint density at radius 1 is 1.52 bits per heavy atom. The number of hydrogen-bond acceptors (Lipinski definition) is 9. The number of aromatic nitrogens is 2. The summed E-state index contributed by atoms with van der Waals surface area (Å²) in [6.45, 7) is 4.15. The monoisotopic (exact) mass is 403 g/mol. The molecule has 3 N–H and O–H groups in total.